The Morgan fingerprint density at radius 2 is 2.00 bits per heavy atom. The van der Waals surface area contributed by atoms with Crippen LogP contribution in [-0.2, 0) is 0 Å². The van der Waals surface area contributed by atoms with E-state index in [1.807, 2.05) is 18.2 Å². The van der Waals surface area contributed by atoms with E-state index in [9.17, 15) is 4.79 Å². The van der Waals surface area contributed by atoms with Crippen LogP contribution in [0.2, 0.25) is 0 Å². The largest absolute Gasteiger partial charge is 0.353 e. The van der Waals surface area contributed by atoms with Crippen molar-refractivity contribution in [3.8, 4) is 0 Å². The van der Waals surface area contributed by atoms with Crippen LogP contribution >= 0.6 is 0 Å². The average Bonchev–Trinajstić information content (AvgIpc) is 2.37. The fraction of sp³-hybridized carbons (Fsp3) is 0.429. The van der Waals surface area contributed by atoms with Crippen LogP contribution in [0.4, 0.5) is 5.82 Å². The minimum Gasteiger partial charge on any atom is -0.353 e. The molecule has 1 fully saturated rings. The Morgan fingerprint density at radius 1 is 1.26 bits per heavy atom. The maximum Gasteiger partial charge on any atom is 0.259 e. The zero-order valence-electron chi connectivity index (χ0n) is 11.2. The first-order valence-electron chi connectivity index (χ1n) is 6.63. The molecule has 1 aliphatic rings. The average molecular weight is 258 g/mol. The molecule has 1 saturated heterocycles. The molecule has 3 heterocycles. The normalized spacial score (nSPS) is 23.8. The first kappa shape index (κ1) is 12.2. The van der Waals surface area contributed by atoms with Crippen molar-refractivity contribution in [2.75, 3.05) is 18.0 Å². The molecule has 2 aromatic heterocycles. The summed E-state index contributed by atoms with van der Waals surface area (Å²) in [7, 11) is 0. The number of anilines is 1. The van der Waals surface area contributed by atoms with Gasteiger partial charge in [0.15, 0.2) is 0 Å². The minimum absolute atomic E-state index is 0.0283. The fourth-order valence-electron chi connectivity index (χ4n) is 2.72. The number of nitrogens with one attached hydrogen (secondary N) is 1. The monoisotopic (exact) mass is 258 g/mol. The van der Waals surface area contributed by atoms with E-state index in [2.05, 4.69) is 29.0 Å². The SMILES string of the molecule is C[C@@H]1CN(c2cc(=O)n3ccccc3n2)C[C@H](C)N1. The lowest BCUT2D eigenvalue weighted by atomic mass is 10.1. The van der Waals surface area contributed by atoms with Gasteiger partial charge in [-0.15, -0.1) is 0 Å². The highest BCUT2D eigenvalue weighted by Gasteiger charge is 2.22. The molecule has 0 aromatic carbocycles. The lowest BCUT2D eigenvalue weighted by molar-refractivity contribution is 0.405. The molecule has 2 aromatic rings. The van der Waals surface area contributed by atoms with Crippen LogP contribution in [0.15, 0.2) is 35.3 Å². The third-order valence-electron chi connectivity index (χ3n) is 3.44. The highest BCUT2D eigenvalue weighted by Crippen LogP contribution is 2.14. The molecule has 5 heteroatoms. The van der Waals surface area contributed by atoms with Crippen molar-refractivity contribution in [2.24, 2.45) is 0 Å². The number of hydrogen-bond acceptors (Lipinski definition) is 4. The van der Waals surface area contributed by atoms with Gasteiger partial charge in [0.25, 0.3) is 5.56 Å². The highest BCUT2D eigenvalue weighted by atomic mass is 16.1. The van der Waals surface area contributed by atoms with Crippen LogP contribution in [0, 0.1) is 0 Å². The van der Waals surface area contributed by atoms with Gasteiger partial charge in [0.2, 0.25) is 0 Å². The van der Waals surface area contributed by atoms with Gasteiger partial charge in [-0.2, -0.15) is 0 Å². The van der Waals surface area contributed by atoms with Crippen LogP contribution in [0.3, 0.4) is 0 Å². The first-order chi connectivity index (χ1) is 9.13. The molecule has 19 heavy (non-hydrogen) atoms. The maximum atomic E-state index is 12.1. The number of fused-ring (bicyclic) bond motifs is 1. The van der Waals surface area contributed by atoms with E-state index in [-0.39, 0.29) is 5.56 Å². The summed E-state index contributed by atoms with van der Waals surface area (Å²) in [6, 6.07) is 8.02. The summed E-state index contributed by atoms with van der Waals surface area (Å²) >= 11 is 0. The highest BCUT2D eigenvalue weighted by molar-refractivity contribution is 5.48. The Balaban J connectivity index is 2.03. The molecule has 0 spiro atoms. The first-order valence-corrected chi connectivity index (χ1v) is 6.63. The molecule has 3 rings (SSSR count). The van der Waals surface area contributed by atoms with Crippen molar-refractivity contribution >= 4 is 11.5 Å². The molecule has 100 valence electrons. The summed E-state index contributed by atoms with van der Waals surface area (Å²) in [5.41, 5.74) is 0.670. The van der Waals surface area contributed by atoms with Crippen molar-refractivity contribution in [1.82, 2.24) is 14.7 Å². The molecule has 0 radical (unpaired) electrons. The second-order valence-corrected chi connectivity index (χ2v) is 5.26. The summed E-state index contributed by atoms with van der Waals surface area (Å²) in [4.78, 5) is 18.9. The number of aromatic nitrogens is 2. The Bertz CT molecular complexity index is 641. The van der Waals surface area contributed by atoms with Crippen LogP contribution in [0.1, 0.15) is 13.8 Å². The number of nitrogens with zero attached hydrogens (tertiary/aromatic N) is 3. The summed E-state index contributed by atoms with van der Waals surface area (Å²) in [5.74, 6) is 0.774. The minimum atomic E-state index is -0.0283. The molecule has 1 N–H and O–H groups in total. The quantitative estimate of drug-likeness (QED) is 0.825. The van der Waals surface area contributed by atoms with Gasteiger partial charge < -0.3 is 10.2 Å². The van der Waals surface area contributed by atoms with Crippen LogP contribution in [0.25, 0.3) is 5.65 Å². The second-order valence-electron chi connectivity index (χ2n) is 5.26. The van der Waals surface area contributed by atoms with Crippen molar-refractivity contribution in [3.05, 3.63) is 40.8 Å². The van der Waals surface area contributed by atoms with E-state index in [0.29, 0.717) is 17.7 Å². The Labute approximate surface area is 111 Å². The van der Waals surface area contributed by atoms with Gasteiger partial charge in [-0.3, -0.25) is 9.20 Å². The van der Waals surface area contributed by atoms with E-state index < -0.39 is 0 Å². The van der Waals surface area contributed by atoms with Gasteiger partial charge in [-0.05, 0) is 26.0 Å². The molecule has 0 amide bonds. The van der Waals surface area contributed by atoms with E-state index in [1.165, 1.54) is 0 Å². The third kappa shape index (κ3) is 2.33. The smallest absolute Gasteiger partial charge is 0.259 e. The third-order valence-corrected chi connectivity index (χ3v) is 3.44. The van der Waals surface area contributed by atoms with Gasteiger partial charge in [0.1, 0.15) is 11.5 Å². The molecular weight excluding hydrogens is 240 g/mol. The zero-order valence-corrected chi connectivity index (χ0v) is 11.2. The van der Waals surface area contributed by atoms with Gasteiger partial charge >= 0.3 is 0 Å². The van der Waals surface area contributed by atoms with Crippen LogP contribution in [0.5, 0.6) is 0 Å². The van der Waals surface area contributed by atoms with Crippen LogP contribution in [-0.4, -0.2) is 34.6 Å². The lowest BCUT2D eigenvalue weighted by Crippen LogP contribution is -2.54. The predicted octanol–water partition coefficient (Wildman–Crippen LogP) is 0.881. The molecule has 0 saturated carbocycles. The zero-order chi connectivity index (χ0) is 13.4. The van der Waals surface area contributed by atoms with E-state index in [1.54, 1.807) is 16.7 Å². The number of rotatable bonds is 1. The van der Waals surface area contributed by atoms with Gasteiger partial charge in [-0.25, -0.2) is 4.98 Å². The van der Waals surface area contributed by atoms with E-state index >= 15 is 0 Å². The summed E-state index contributed by atoms with van der Waals surface area (Å²) in [6.45, 7) is 6.05. The van der Waals surface area contributed by atoms with E-state index in [0.717, 1.165) is 18.9 Å². The van der Waals surface area contributed by atoms with Gasteiger partial charge in [-0.1, -0.05) is 6.07 Å². The summed E-state index contributed by atoms with van der Waals surface area (Å²) in [6.07, 6.45) is 1.75. The van der Waals surface area contributed by atoms with Crippen molar-refractivity contribution < 1.29 is 0 Å². The van der Waals surface area contributed by atoms with Gasteiger partial charge in [0, 0.05) is 37.4 Å². The lowest BCUT2D eigenvalue weighted by Gasteiger charge is -2.36. The Morgan fingerprint density at radius 3 is 2.74 bits per heavy atom. The second kappa shape index (κ2) is 4.66. The van der Waals surface area contributed by atoms with Crippen molar-refractivity contribution in [2.45, 2.75) is 25.9 Å². The number of pyridine rings is 1. The van der Waals surface area contributed by atoms with Crippen LogP contribution < -0.4 is 15.8 Å². The van der Waals surface area contributed by atoms with Crippen molar-refractivity contribution in [1.29, 1.82) is 0 Å². The summed E-state index contributed by atoms with van der Waals surface area (Å²) in [5, 5.41) is 3.48. The fourth-order valence-corrected chi connectivity index (χ4v) is 2.72. The Kier molecular flexibility index (Phi) is 2.98. The molecule has 0 aliphatic carbocycles. The molecule has 0 bridgehead atoms. The molecule has 5 nitrogen and oxygen atoms in total. The maximum absolute atomic E-state index is 12.1. The van der Waals surface area contributed by atoms with Crippen molar-refractivity contribution in [3.63, 3.8) is 0 Å². The standard InChI is InChI=1S/C14H18N4O/c1-10-8-17(9-11(2)15-10)13-7-14(19)18-6-4-3-5-12(18)16-13/h3-7,10-11,15H,8-9H2,1-2H3/t10-,11+. The molecule has 1 aliphatic heterocycles. The van der Waals surface area contributed by atoms with E-state index in [4.69, 9.17) is 0 Å². The number of piperazine rings is 1. The Hall–Kier alpha value is -1.88. The topological polar surface area (TPSA) is 49.6 Å². The molecule has 0 unspecified atom stereocenters. The number of hydrogen-bond donors (Lipinski definition) is 1. The molecule has 2 atom stereocenters. The van der Waals surface area contributed by atoms with Gasteiger partial charge in [0.05, 0.1) is 0 Å². The predicted molar refractivity (Wildman–Crippen MR) is 75.7 cm³/mol. The molecular formula is C14H18N4O. The summed E-state index contributed by atoms with van der Waals surface area (Å²) < 4.78 is 1.57.